The van der Waals surface area contributed by atoms with E-state index in [1.807, 2.05) is 0 Å². The molecule has 0 aliphatic carbocycles. The van der Waals surface area contributed by atoms with Gasteiger partial charge in [-0.05, 0) is 51.3 Å². The number of carbonyl (C=O) groups excluding carboxylic acids is 5. The summed E-state index contributed by atoms with van der Waals surface area (Å²) in [5, 5.41) is 20.7. The number of hydrogen-bond donors (Lipinski definition) is 6. The lowest BCUT2D eigenvalue weighted by atomic mass is 9.90. The Hall–Kier alpha value is -4.44. The van der Waals surface area contributed by atoms with Gasteiger partial charge >= 0.3 is 18.1 Å². The van der Waals surface area contributed by atoms with Crippen molar-refractivity contribution in [2.45, 2.75) is 78.8 Å². The van der Waals surface area contributed by atoms with Crippen LogP contribution in [0.5, 0.6) is 0 Å². The molecule has 2 atom stereocenters. The maximum atomic E-state index is 13.1. The lowest BCUT2D eigenvalue weighted by Gasteiger charge is -2.42. The average molecular weight is 664 g/mol. The van der Waals surface area contributed by atoms with Crippen LogP contribution in [-0.2, 0) is 31.9 Å². The number of nitrogens with zero attached hydrogens (tertiary/aromatic N) is 2. The number of carbonyl (C=O) groups is 5. The second-order valence-corrected chi connectivity index (χ2v) is 13.8. The van der Waals surface area contributed by atoms with Crippen LogP contribution in [0.3, 0.4) is 0 Å². The highest BCUT2D eigenvalue weighted by Gasteiger charge is 2.50. The summed E-state index contributed by atoms with van der Waals surface area (Å²) in [7, 11) is 3.02. The van der Waals surface area contributed by atoms with E-state index < -0.39 is 53.5 Å². The molecule has 1 unspecified atom stereocenters. The standard InChI is InChI=1S/C30H45N7O8S/c1-17(39)32-26-34-20(22(46-26)23(40)33-21(16-38)24(41)37(8)9)15-12-18-10-13-19(14-11-18)35-30(28(2,3)4,44-25(31)42)45-27(43)36-29(5,6)7/h10-11,13-14,21,35,38H,12,15-16H2,1-9H3,(H2,31,42)(H,33,40)(H,36,43)(H,32,34,39)/t21-,30?/m0/s1. The van der Waals surface area contributed by atoms with Crippen molar-refractivity contribution >= 4 is 52.1 Å². The summed E-state index contributed by atoms with van der Waals surface area (Å²) in [4.78, 5) is 67.7. The van der Waals surface area contributed by atoms with E-state index in [4.69, 9.17) is 15.2 Å². The Morgan fingerprint density at radius 2 is 1.61 bits per heavy atom. The zero-order valence-electron chi connectivity index (χ0n) is 27.7. The molecule has 0 saturated heterocycles. The van der Waals surface area contributed by atoms with Crippen LogP contribution in [-0.4, -0.2) is 83.1 Å². The number of primary amides is 1. The normalized spacial score (nSPS) is 13.4. The number of nitrogens with one attached hydrogen (secondary N) is 4. The van der Waals surface area contributed by atoms with Gasteiger partial charge in [-0.2, -0.15) is 0 Å². The fourth-order valence-corrected chi connectivity index (χ4v) is 4.96. The molecule has 0 fully saturated rings. The molecule has 46 heavy (non-hydrogen) atoms. The fraction of sp³-hybridized carbons (Fsp3) is 0.533. The van der Waals surface area contributed by atoms with Gasteiger partial charge in [0.05, 0.1) is 17.7 Å². The molecule has 1 aromatic carbocycles. The Kier molecular flexibility index (Phi) is 12.5. The monoisotopic (exact) mass is 663 g/mol. The van der Waals surface area contributed by atoms with E-state index in [2.05, 4.69) is 26.3 Å². The maximum Gasteiger partial charge on any atom is 0.412 e. The molecule has 1 aromatic heterocycles. The van der Waals surface area contributed by atoms with Gasteiger partial charge in [0.25, 0.3) is 5.91 Å². The predicted molar refractivity (Wildman–Crippen MR) is 173 cm³/mol. The summed E-state index contributed by atoms with van der Waals surface area (Å²) in [6.45, 7) is 11.2. The van der Waals surface area contributed by atoms with E-state index in [1.165, 1.54) is 25.9 Å². The predicted octanol–water partition coefficient (Wildman–Crippen LogP) is 2.80. The van der Waals surface area contributed by atoms with Crippen molar-refractivity contribution in [1.29, 1.82) is 0 Å². The molecule has 0 bridgehead atoms. The summed E-state index contributed by atoms with van der Waals surface area (Å²) < 4.78 is 11.0. The van der Waals surface area contributed by atoms with Gasteiger partial charge < -0.3 is 46.5 Å². The highest BCUT2D eigenvalue weighted by Crippen LogP contribution is 2.37. The van der Waals surface area contributed by atoms with Gasteiger partial charge in [0.15, 0.2) is 5.13 Å². The number of alkyl carbamates (subject to hydrolysis) is 1. The van der Waals surface area contributed by atoms with Gasteiger partial charge in [-0.1, -0.05) is 44.2 Å². The topological polar surface area (TPSA) is 214 Å². The number of aryl methyl sites for hydroxylation is 2. The number of hydrogen-bond acceptors (Lipinski definition) is 11. The fourth-order valence-electron chi connectivity index (χ4n) is 4.00. The minimum Gasteiger partial charge on any atom is -0.394 e. The van der Waals surface area contributed by atoms with Crippen molar-refractivity contribution in [3.05, 3.63) is 40.4 Å². The number of amides is 5. The average Bonchev–Trinajstić information content (AvgIpc) is 3.30. The Morgan fingerprint density at radius 3 is 2.09 bits per heavy atom. The second kappa shape index (κ2) is 15.2. The summed E-state index contributed by atoms with van der Waals surface area (Å²) in [5.74, 6) is -3.42. The molecular formula is C30H45N7O8S. The third kappa shape index (κ3) is 10.9. The lowest BCUT2D eigenvalue weighted by Crippen LogP contribution is -2.59. The van der Waals surface area contributed by atoms with E-state index in [9.17, 15) is 29.1 Å². The molecule has 0 spiro atoms. The van der Waals surface area contributed by atoms with E-state index in [1.54, 1.807) is 65.8 Å². The minimum atomic E-state index is -1.97. The van der Waals surface area contributed by atoms with Crippen molar-refractivity contribution in [3.63, 3.8) is 0 Å². The quantitative estimate of drug-likeness (QED) is 0.183. The molecule has 15 nitrogen and oxygen atoms in total. The van der Waals surface area contributed by atoms with Crippen molar-refractivity contribution in [2.24, 2.45) is 11.1 Å². The van der Waals surface area contributed by atoms with Crippen LogP contribution in [0.25, 0.3) is 0 Å². The maximum absolute atomic E-state index is 13.1. The summed E-state index contributed by atoms with van der Waals surface area (Å²) in [5.41, 5.74) is 5.45. The minimum absolute atomic E-state index is 0.191. The number of ether oxygens (including phenoxy) is 2. The highest BCUT2D eigenvalue weighted by atomic mass is 32.1. The van der Waals surface area contributed by atoms with Gasteiger partial charge in [0.2, 0.25) is 11.8 Å². The zero-order chi connectivity index (χ0) is 35.0. The Morgan fingerprint density at radius 1 is 1.00 bits per heavy atom. The summed E-state index contributed by atoms with van der Waals surface area (Å²) in [6.07, 6.45) is -1.26. The molecule has 0 radical (unpaired) electrons. The van der Waals surface area contributed by atoms with Crippen molar-refractivity contribution in [1.82, 2.24) is 20.5 Å². The molecule has 0 aliphatic rings. The molecule has 2 aromatic rings. The first kappa shape index (κ1) is 37.7. The largest absolute Gasteiger partial charge is 0.412 e. The Balaban J connectivity index is 2.30. The number of rotatable bonds is 12. The molecule has 1 heterocycles. The van der Waals surface area contributed by atoms with Crippen LogP contribution >= 0.6 is 11.3 Å². The molecule has 2 rings (SSSR count). The van der Waals surface area contributed by atoms with Gasteiger partial charge in [-0.15, -0.1) is 0 Å². The van der Waals surface area contributed by atoms with Crippen LogP contribution in [0.15, 0.2) is 24.3 Å². The highest BCUT2D eigenvalue weighted by molar-refractivity contribution is 7.17. The number of benzene rings is 1. The third-order valence-corrected chi connectivity index (χ3v) is 7.28. The van der Waals surface area contributed by atoms with Crippen LogP contribution in [0.2, 0.25) is 0 Å². The smallest absolute Gasteiger partial charge is 0.394 e. The second-order valence-electron chi connectivity index (χ2n) is 12.8. The molecular weight excluding hydrogens is 618 g/mol. The van der Waals surface area contributed by atoms with Crippen LogP contribution in [0.1, 0.15) is 69.4 Å². The summed E-state index contributed by atoms with van der Waals surface area (Å²) in [6, 6.07) is 5.81. The van der Waals surface area contributed by atoms with Gasteiger partial charge in [-0.25, -0.2) is 14.6 Å². The van der Waals surface area contributed by atoms with Crippen molar-refractivity contribution < 1.29 is 38.6 Å². The van der Waals surface area contributed by atoms with Gasteiger partial charge in [0, 0.05) is 32.2 Å². The van der Waals surface area contributed by atoms with Crippen molar-refractivity contribution in [2.75, 3.05) is 31.3 Å². The number of likely N-dealkylation sites (N-methyl/N-ethyl adjacent to an activating group) is 1. The number of aliphatic hydroxyl groups is 1. The molecule has 254 valence electrons. The lowest BCUT2D eigenvalue weighted by molar-refractivity contribution is -0.202. The molecule has 7 N–H and O–H groups in total. The SMILES string of the molecule is CC(=O)Nc1nc(CCc2ccc(NC(OC(N)=O)(OC(=O)NC(C)(C)C)C(C)(C)C)cc2)c(C(=O)N[C@@H](CO)C(=O)N(C)C)s1. The third-order valence-electron chi connectivity index (χ3n) is 6.27. The molecule has 5 amide bonds. The number of thiazole rings is 1. The Labute approximate surface area is 272 Å². The first-order chi connectivity index (χ1) is 21.2. The summed E-state index contributed by atoms with van der Waals surface area (Å²) >= 11 is 0.958. The van der Waals surface area contributed by atoms with E-state index in [0.717, 1.165) is 16.9 Å². The Bertz CT molecular complexity index is 1410. The number of anilines is 2. The number of aliphatic hydroxyl groups excluding tert-OH is 1. The molecule has 0 aliphatic heterocycles. The van der Waals surface area contributed by atoms with Crippen LogP contribution < -0.4 is 27.0 Å². The van der Waals surface area contributed by atoms with E-state index in [-0.39, 0.29) is 15.9 Å². The zero-order valence-corrected chi connectivity index (χ0v) is 28.5. The molecule has 0 saturated carbocycles. The first-order valence-electron chi connectivity index (χ1n) is 14.4. The van der Waals surface area contributed by atoms with E-state index >= 15 is 0 Å². The molecule has 16 heteroatoms. The van der Waals surface area contributed by atoms with Gasteiger partial charge in [-0.3, -0.25) is 14.4 Å². The number of nitrogens with two attached hydrogens (primary N) is 1. The van der Waals surface area contributed by atoms with Gasteiger partial charge in [0.1, 0.15) is 10.9 Å². The van der Waals surface area contributed by atoms with E-state index in [0.29, 0.717) is 24.2 Å². The number of aromatic nitrogens is 1. The van der Waals surface area contributed by atoms with Crippen molar-refractivity contribution in [3.8, 4) is 0 Å². The van der Waals surface area contributed by atoms with Crippen LogP contribution in [0, 0.1) is 5.41 Å². The first-order valence-corrected chi connectivity index (χ1v) is 15.2. The van der Waals surface area contributed by atoms with Crippen LogP contribution in [0.4, 0.5) is 20.4 Å².